The second-order valence-corrected chi connectivity index (χ2v) is 6.43. The summed E-state index contributed by atoms with van der Waals surface area (Å²) in [5.74, 6) is 0. The minimum Gasteiger partial charge on any atom is -0.310 e. The second-order valence-electron chi connectivity index (χ2n) is 4.33. The lowest BCUT2D eigenvalue weighted by atomic mass is 10.0. The minimum atomic E-state index is 0.358. The SMILES string of the molecule is C=C(C)CC(NCCC)c1cc(I)ccc1Br. The summed E-state index contributed by atoms with van der Waals surface area (Å²) < 4.78 is 2.44. The number of rotatable bonds is 6. The molecule has 1 aromatic carbocycles. The van der Waals surface area contributed by atoms with Crippen LogP contribution in [0.3, 0.4) is 0 Å². The molecule has 0 saturated carbocycles. The molecule has 94 valence electrons. The van der Waals surface area contributed by atoms with Gasteiger partial charge in [0.2, 0.25) is 0 Å². The molecule has 0 radical (unpaired) electrons. The number of hydrogen-bond donors (Lipinski definition) is 1. The third-order valence-electron chi connectivity index (χ3n) is 2.53. The molecule has 3 heteroatoms. The van der Waals surface area contributed by atoms with Gasteiger partial charge in [0.1, 0.15) is 0 Å². The topological polar surface area (TPSA) is 12.0 Å². The summed E-state index contributed by atoms with van der Waals surface area (Å²) in [6.07, 6.45) is 2.13. The standard InChI is InChI=1S/C14H19BrIN/c1-4-7-17-14(8-10(2)3)12-9-11(16)5-6-13(12)15/h5-6,9,14,17H,2,4,7-8H2,1,3H3. The van der Waals surface area contributed by atoms with Crippen molar-refractivity contribution in [2.75, 3.05) is 6.54 Å². The maximum Gasteiger partial charge on any atom is 0.0368 e. The Hall–Kier alpha value is 0.130. The van der Waals surface area contributed by atoms with Crippen LogP contribution in [0.15, 0.2) is 34.8 Å². The van der Waals surface area contributed by atoms with Crippen LogP contribution < -0.4 is 5.32 Å². The van der Waals surface area contributed by atoms with Crippen LogP contribution in [0.5, 0.6) is 0 Å². The van der Waals surface area contributed by atoms with Gasteiger partial charge in [-0.2, -0.15) is 0 Å². The van der Waals surface area contributed by atoms with Gasteiger partial charge in [0.25, 0.3) is 0 Å². The molecular formula is C14H19BrIN. The van der Waals surface area contributed by atoms with Crippen LogP contribution in [0, 0.1) is 3.57 Å². The number of hydrogen-bond acceptors (Lipinski definition) is 1. The van der Waals surface area contributed by atoms with Gasteiger partial charge in [-0.25, -0.2) is 0 Å². The van der Waals surface area contributed by atoms with Gasteiger partial charge in [0, 0.05) is 14.1 Å². The van der Waals surface area contributed by atoms with E-state index in [9.17, 15) is 0 Å². The van der Waals surface area contributed by atoms with E-state index >= 15 is 0 Å². The van der Waals surface area contributed by atoms with E-state index in [0.717, 1.165) is 19.4 Å². The molecule has 0 aromatic heterocycles. The highest BCUT2D eigenvalue weighted by atomic mass is 127. The van der Waals surface area contributed by atoms with Crippen LogP contribution in [0.25, 0.3) is 0 Å². The van der Waals surface area contributed by atoms with Crippen LogP contribution in [0.4, 0.5) is 0 Å². The first kappa shape index (κ1) is 15.2. The van der Waals surface area contributed by atoms with Crippen molar-refractivity contribution in [2.45, 2.75) is 32.7 Å². The molecule has 17 heavy (non-hydrogen) atoms. The Kier molecular flexibility index (Phi) is 6.74. The smallest absolute Gasteiger partial charge is 0.0368 e. The van der Waals surface area contributed by atoms with E-state index in [0.29, 0.717) is 6.04 Å². The van der Waals surface area contributed by atoms with Crippen LogP contribution in [0.2, 0.25) is 0 Å². The predicted octanol–water partition coefficient (Wildman–Crippen LogP) is 5.06. The molecule has 0 heterocycles. The van der Waals surface area contributed by atoms with Crippen molar-refractivity contribution < 1.29 is 0 Å². The van der Waals surface area contributed by atoms with Gasteiger partial charge < -0.3 is 5.32 Å². The molecule has 1 N–H and O–H groups in total. The van der Waals surface area contributed by atoms with E-state index in [2.05, 4.69) is 82.5 Å². The van der Waals surface area contributed by atoms with Gasteiger partial charge in [-0.05, 0) is 72.7 Å². The highest BCUT2D eigenvalue weighted by Crippen LogP contribution is 2.29. The van der Waals surface area contributed by atoms with Gasteiger partial charge in [0.05, 0.1) is 0 Å². The van der Waals surface area contributed by atoms with Crippen molar-refractivity contribution in [1.29, 1.82) is 0 Å². The molecule has 1 aromatic rings. The molecule has 0 saturated heterocycles. The molecule has 1 unspecified atom stereocenters. The number of nitrogens with one attached hydrogen (secondary N) is 1. The molecule has 0 aliphatic rings. The summed E-state index contributed by atoms with van der Waals surface area (Å²) in [4.78, 5) is 0. The number of benzene rings is 1. The van der Waals surface area contributed by atoms with E-state index in [-0.39, 0.29) is 0 Å². The van der Waals surface area contributed by atoms with Crippen molar-refractivity contribution >= 4 is 38.5 Å². The highest BCUT2D eigenvalue weighted by molar-refractivity contribution is 14.1. The average molecular weight is 408 g/mol. The predicted molar refractivity (Wildman–Crippen MR) is 87.3 cm³/mol. The Bertz CT molecular complexity index is 390. The van der Waals surface area contributed by atoms with Gasteiger partial charge in [-0.15, -0.1) is 6.58 Å². The summed E-state index contributed by atoms with van der Waals surface area (Å²) in [6.45, 7) is 9.34. The fourth-order valence-corrected chi connectivity index (χ4v) is 2.78. The zero-order chi connectivity index (χ0) is 12.8. The lowest BCUT2D eigenvalue weighted by Gasteiger charge is -2.20. The van der Waals surface area contributed by atoms with Crippen LogP contribution >= 0.6 is 38.5 Å². The Morgan fingerprint density at radius 2 is 2.24 bits per heavy atom. The summed E-state index contributed by atoms with van der Waals surface area (Å²) in [6, 6.07) is 6.83. The maximum absolute atomic E-state index is 4.02. The van der Waals surface area contributed by atoms with Crippen molar-refractivity contribution in [3.05, 3.63) is 44.0 Å². The van der Waals surface area contributed by atoms with Crippen molar-refractivity contribution in [1.82, 2.24) is 5.32 Å². The van der Waals surface area contributed by atoms with E-state index in [1.807, 2.05) is 0 Å². The normalized spacial score (nSPS) is 12.5. The largest absolute Gasteiger partial charge is 0.310 e. The van der Waals surface area contributed by atoms with Gasteiger partial charge in [0.15, 0.2) is 0 Å². The fourth-order valence-electron chi connectivity index (χ4n) is 1.74. The first-order chi connectivity index (χ1) is 8.04. The summed E-state index contributed by atoms with van der Waals surface area (Å²) in [7, 11) is 0. The molecular weight excluding hydrogens is 389 g/mol. The highest BCUT2D eigenvalue weighted by Gasteiger charge is 2.14. The van der Waals surface area contributed by atoms with E-state index in [4.69, 9.17) is 0 Å². The zero-order valence-electron chi connectivity index (χ0n) is 10.4. The minimum absolute atomic E-state index is 0.358. The van der Waals surface area contributed by atoms with Crippen LogP contribution in [-0.2, 0) is 0 Å². The average Bonchev–Trinajstić information content (AvgIpc) is 2.27. The summed E-state index contributed by atoms with van der Waals surface area (Å²) in [5.41, 5.74) is 2.54. The lowest BCUT2D eigenvalue weighted by molar-refractivity contribution is 0.526. The molecule has 1 atom stereocenters. The molecule has 1 rings (SSSR count). The van der Waals surface area contributed by atoms with E-state index in [1.54, 1.807) is 0 Å². The third kappa shape index (κ3) is 5.10. The van der Waals surface area contributed by atoms with Gasteiger partial charge in [-0.3, -0.25) is 0 Å². The quantitative estimate of drug-likeness (QED) is 0.513. The third-order valence-corrected chi connectivity index (χ3v) is 3.92. The Morgan fingerprint density at radius 3 is 2.82 bits per heavy atom. The molecule has 0 aliphatic carbocycles. The maximum atomic E-state index is 4.02. The monoisotopic (exact) mass is 407 g/mol. The molecule has 0 spiro atoms. The van der Waals surface area contributed by atoms with Crippen LogP contribution in [-0.4, -0.2) is 6.54 Å². The van der Waals surface area contributed by atoms with Gasteiger partial charge >= 0.3 is 0 Å². The Morgan fingerprint density at radius 1 is 1.53 bits per heavy atom. The second kappa shape index (κ2) is 7.54. The van der Waals surface area contributed by atoms with Crippen LogP contribution in [0.1, 0.15) is 38.3 Å². The zero-order valence-corrected chi connectivity index (χ0v) is 14.1. The van der Waals surface area contributed by atoms with Crippen molar-refractivity contribution in [3.8, 4) is 0 Å². The van der Waals surface area contributed by atoms with E-state index < -0.39 is 0 Å². The summed E-state index contributed by atoms with van der Waals surface area (Å²) >= 11 is 6.00. The first-order valence-electron chi connectivity index (χ1n) is 5.87. The van der Waals surface area contributed by atoms with E-state index in [1.165, 1.54) is 19.2 Å². The molecule has 0 fully saturated rings. The molecule has 1 nitrogen and oxygen atoms in total. The Balaban J connectivity index is 2.93. The fraction of sp³-hybridized carbons (Fsp3) is 0.429. The molecule has 0 amide bonds. The van der Waals surface area contributed by atoms with Crippen molar-refractivity contribution in [3.63, 3.8) is 0 Å². The molecule has 0 bridgehead atoms. The number of halogens is 2. The lowest BCUT2D eigenvalue weighted by Crippen LogP contribution is -2.22. The summed E-state index contributed by atoms with van der Waals surface area (Å²) in [5, 5.41) is 3.59. The van der Waals surface area contributed by atoms with Gasteiger partial charge in [-0.1, -0.05) is 28.4 Å². The Labute approximate surface area is 126 Å². The first-order valence-corrected chi connectivity index (χ1v) is 7.74. The molecule has 0 aliphatic heterocycles. The van der Waals surface area contributed by atoms with Crippen molar-refractivity contribution in [2.24, 2.45) is 0 Å².